The lowest BCUT2D eigenvalue weighted by molar-refractivity contribution is -0.137. The summed E-state index contributed by atoms with van der Waals surface area (Å²) < 4.78 is 16.8. The molecule has 168 valence electrons. The first kappa shape index (κ1) is 22.4. The number of nitrogens with one attached hydrogen (secondary N) is 1. The van der Waals surface area contributed by atoms with Crippen LogP contribution >= 0.6 is 11.3 Å². The van der Waals surface area contributed by atoms with Crippen molar-refractivity contribution < 1.29 is 19.0 Å². The van der Waals surface area contributed by atoms with E-state index in [9.17, 15) is 4.79 Å². The zero-order valence-corrected chi connectivity index (χ0v) is 19.6. The van der Waals surface area contributed by atoms with Gasteiger partial charge in [0.2, 0.25) is 0 Å². The zero-order valence-electron chi connectivity index (χ0n) is 18.8. The summed E-state index contributed by atoms with van der Waals surface area (Å²) in [7, 11) is 3.34. The Labute approximate surface area is 197 Å². The topological polar surface area (TPSA) is 56.8 Å². The van der Waals surface area contributed by atoms with Gasteiger partial charge in [0.05, 0.1) is 31.4 Å². The molecule has 0 atom stereocenters. The van der Waals surface area contributed by atoms with E-state index in [-0.39, 0.29) is 5.97 Å². The first-order valence-electron chi connectivity index (χ1n) is 10.6. The van der Waals surface area contributed by atoms with Gasteiger partial charge in [-0.2, -0.15) is 0 Å². The van der Waals surface area contributed by atoms with Gasteiger partial charge in [0, 0.05) is 21.8 Å². The van der Waals surface area contributed by atoms with Gasteiger partial charge in [-0.05, 0) is 78.7 Å². The molecule has 0 saturated carbocycles. The zero-order chi connectivity index (χ0) is 23.2. The monoisotopic (exact) mass is 459 g/mol. The summed E-state index contributed by atoms with van der Waals surface area (Å²) in [6.07, 6.45) is 3.18. The molecule has 3 aromatic carbocycles. The largest absolute Gasteiger partial charge is 0.497 e. The molecule has 0 radical (unpaired) electrons. The molecule has 5 nitrogen and oxygen atoms in total. The predicted octanol–water partition coefficient (Wildman–Crippen LogP) is 6.91. The maximum Gasteiger partial charge on any atom is 0.330 e. The van der Waals surface area contributed by atoms with Gasteiger partial charge in [0.15, 0.2) is 0 Å². The summed E-state index contributed by atoms with van der Waals surface area (Å²) in [6, 6.07) is 22.1. The molecule has 0 aliphatic carbocycles. The quantitative estimate of drug-likeness (QED) is 0.229. The van der Waals surface area contributed by atoms with Gasteiger partial charge in [-0.3, -0.25) is 0 Å². The summed E-state index contributed by atoms with van der Waals surface area (Å²) in [5.41, 5.74) is 4.02. The van der Waals surface area contributed by atoms with Gasteiger partial charge in [-0.15, -0.1) is 11.3 Å². The Morgan fingerprint density at radius 3 is 2.30 bits per heavy atom. The van der Waals surface area contributed by atoms with Gasteiger partial charge in [0.1, 0.15) is 11.5 Å². The van der Waals surface area contributed by atoms with E-state index in [1.807, 2.05) is 42.5 Å². The van der Waals surface area contributed by atoms with Crippen molar-refractivity contribution in [2.75, 3.05) is 26.1 Å². The average molecular weight is 460 g/mol. The number of carbonyl (C=O) groups is 1. The highest BCUT2D eigenvalue weighted by molar-refractivity contribution is 7.23. The third kappa shape index (κ3) is 5.18. The van der Waals surface area contributed by atoms with E-state index in [1.165, 1.54) is 6.08 Å². The minimum absolute atomic E-state index is 0.344. The van der Waals surface area contributed by atoms with E-state index in [2.05, 4.69) is 29.6 Å². The second kappa shape index (κ2) is 10.2. The molecule has 1 N–H and O–H groups in total. The highest BCUT2D eigenvalue weighted by Crippen LogP contribution is 2.45. The fourth-order valence-electron chi connectivity index (χ4n) is 3.45. The van der Waals surface area contributed by atoms with Crippen LogP contribution < -0.4 is 14.8 Å². The van der Waals surface area contributed by atoms with Crippen molar-refractivity contribution in [3.8, 4) is 21.9 Å². The number of methoxy groups -OCH3 is 2. The fraction of sp³-hybridized carbons (Fsp3) is 0.148. The predicted molar refractivity (Wildman–Crippen MR) is 136 cm³/mol. The Morgan fingerprint density at radius 2 is 1.64 bits per heavy atom. The van der Waals surface area contributed by atoms with Gasteiger partial charge in [-0.1, -0.05) is 12.1 Å². The van der Waals surface area contributed by atoms with Gasteiger partial charge in [-0.25, -0.2) is 4.79 Å². The van der Waals surface area contributed by atoms with Crippen LogP contribution in [0.25, 0.3) is 26.6 Å². The average Bonchev–Trinajstić information content (AvgIpc) is 3.21. The van der Waals surface area contributed by atoms with E-state index in [0.717, 1.165) is 49.0 Å². The maximum atomic E-state index is 11.5. The minimum atomic E-state index is -0.344. The molecule has 1 heterocycles. The molecule has 4 rings (SSSR count). The fourth-order valence-corrected chi connectivity index (χ4v) is 4.64. The number of rotatable bonds is 8. The van der Waals surface area contributed by atoms with Crippen molar-refractivity contribution in [3.05, 3.63) is 78.4 Å². The molecule has 1 aromatic heterocycles. The molecule has 6 heteroatoms. The number of thiophene rings is 1. The Hall–Kier alpha value is -3.77. The van der Waals surface area contributed by atoms with Crippen LogP contribution in [0.15, 0.2) is 72.8 Å². The molecule has 0 bridgehead atoms. The van der Waals surface area contributed by atoms with Crippen LogP contribution in [-0.4, -0.2) is 26.8 Å². The van der Waals surface area contributed by atoms with Crippen LogP contribution in [0.5, 0.6) is 11.5 Å². The second-order valence-electron chi connectivity index (χ2n) is 7.23. The lowest BCUT2D eigenvalue weighted by Crippen LogP contribution is -1.98. The molecule has 0 aliphatic heterocycles. The van der Waals surface area contributed by atoms with Crippen molar-refractivity contribution in [1.82, 2.24) is 0 Å². The van der Waals surface area contributed by atoms with Crippen LogP contribution in [0.1, 0.15) is 12.5 Å². The smallest absolute Gasteiger partial charge is 0.330 e. The van der Waals surface area contributed by atoms with E-state index in [4.69, 9.17) is 14.2 Å². The van der Waals surface area contributed by atoms with Crippen molar-refractivity contribution in [2.24, 2.45) is 0 Å². The number of esters is 1. The second-order valence-corrected chi connectivity index (χ2v) is 8.28. The summed E-state index contributed by atoms with van der Waals surface area (Å²) >= 11 is 1.71. The molecule has 0 saturated heterocycles. The minimum Gasteiger partial charge on any atom is -0.497 e. The normalized spacial score (nSPS) is 11.0. The molecule has 0 unspecified atom stereocenters. The van der Waals surface area contributed by atoms with E-state index in [0.29, 0.717) is 6.61 Å². The van der Waals surface area contributed by atoms with E-state index >= 15 is 0 Å². The Kier molecular flexibility index (Phi) is 6.95. The Bertz CT molecular complexity index is 1270. The number of hydrogen-bond acceptors (Lipinski definition) is 6. The van der Waals surface area contributed by atoms with Crippen LogP contribution in [0.4, 0.5) is 11.4 Å². The Morgan fingerprint density at radius 1 is 0.939 bits per heavy atom. The van der Waals surface area contributed by atoms with E-state index < -0.39 is 0 Å². The van der Waals surface area contributed by atoms with Crippen LogP contribution in [-0.2, 0) is 9.53 Å². The van der Waals surface area contributed by atoms with Gasteiger partial charge >= 0.3 is 5.97 Å². The number of hydrogen-bond donors (Lipinski definition) is 1. The highest BCUT2D eigenvalue weighted by Gasteiger charge is 2.15. The SMILES string of the molecule is CCOC(=O)/C=C/c1ccc(Nc2c(-c3ccc(OC)cc3)sc3cc(OC)ccc23)cc1. The molecule has 0 amide bonds. The third-order valence-electron chi connectivity index (χ3n) is 5.13. The number of fused-ring (bicyclic) bond motifs is 1. The standard InChI is InChI=1S/C27H25NO4S/c1-4-32-25(29)16-7-18-5-10-20(11-6-18)28-26-23-15-14-22(31-3)17-24(23)33-27(26)19-8-12-21(30-2)13-9-19/h5-17,28H,4H2,1-3H3/b16-7+. The number of benzene rings is 3. The van der Waals surface area contributed by atoms with Crippen molar-refractivity contribution >= 4 is 44.8 Å². The van der Waals surface area contributed by atoms with Gasteiger partial charge < -0.3 is 19.5 Å². The molecule has 0 aliphatic rings. The first-order valence-corrected chi connectivity index (χ1v) is 11.4. The lowest BCUT2D eigenvalue weighted by Gasteiger charge is -2.10. The third-order valence-corrected chi connectivity index (χ3v) is 6.33. The van der Waals surface area contributed by atoms with E-state index in [1.54, 1.807) is 38.6 Å². The van der Waals surface area contributed by atoms with Crippen LogP contribution in [0.3, 0.4) is 0 Å². The van der Waals surface area contributed by atoms with Crippen molar-refractivity contribution in [1.29, 1.82) is 0 Å². The molecule has 0 fully saturated rings. The molecular formula is C27H25NO4S. The van der Waals surface area contributed by atoms with Crippen LogP contribution in [0.2, 0.25) is 0 Å². The highest BCUT2D eigenvalue weighted by atomic mass is 32.1. The number of ether oxygens (including phenoxy) is 3. The summed E-state index contributed by atoms with van der Waals surface area (Å²) in [4.78, 5) is 12.7. The summed E-state index contributed by atoms with van der Waals surface area (Å²) in [6.45, 7) is 2.15. The van der Waals surface area contributed by atoms with Crippen molar-refractivity contribution in [2.45, 2.75) is 6.92 Å². The number of carbonyl (C=O) groups excluding carboxylic acids is 1. The lowest BCUT2D eigenvalue weighted by atomic mass is 10.1. The molecule has 33 heavy (non-hydrogen) atoms. The summed E-state index contributed by atoms with van der Waals surface area (Å²) in [5.74, 6) is 1.31. The molecule has 0 spiro atoms. The Balaban J connectivity index is 1.67. The molecule has 4 aromatic rings. The van der Waals surface area contributed by atoms with Gasteiger partial charge in [0.25, 0.3) is 0 Å². The maximum absolute atomic E-state index is 11.5. The van der Waals surface area contributed by atoms with Crippen LogP contribution in [0, 0.1) is 0 Å². The first-order chi connectivity index (χ1) is 16.1. The summed E-state index contributed by atoms with van der Waals surface area (Å²) in [5, 5.41) is 4.72. The molecular weight excluding hydrogens is 434 g/mol. The number of anilines is 2. The van der Waals surface area contributed by atoms with Crippen molar-refractivity contribution in [3.63, 3.8) is 0 Å².